The van der Waals surface area contributed by atoms with E-state index in [9.17, 15) is 4.79 Å². The molecule has 0 atom stereocenters. The molecular formula is C12H12O2. The molecule has 0 radical (unpaired) electrons. The van der Waals surface area contributed by atoms with E-state index in [1.165, 1.54) is 0 Å². The predicted octanol–water partition coefficient (Wildman–Crippen LogP) is 1.83. The Morgan fingerprint density at radius 2 is 2.07 bits per heavy atom. The highest BCUT2D eigenvalue weighted by Gasteiger charge is 1.97. The van der Waals surface area contributed by atoms with E-state index in [0.717, 1.165) is 11.3 Å². The molecule has 2 nitrogen and oxygen atoms in total. The first-order valence-corrected chi connectivity index (χ1v) is 4.37. The highest BCUT2D eigenvalue weighted by Crippen LogP contribution is 2.12. The fourth-order valence-corrected chi connectivity index (χ4v) is 1.12. The molecule has 0 spiro atoms. The van der Waals surface area contributed by atoms with Crippen LogP contribution >= 0.6 is 0 Å². The van der Waals surface area contributed by atoms with Gasteiger partial charge >= 0.3 is 0 Å². The lowest BCUT2D eigenvalue weighted by Crippen LogP contribution is -1.97. The zero-order valence-electron chi connectivity index (χ0n) is 8.12. The molecule has 0 saturated heterocycles. The maximum Gasteiger partial charge on any atom is 0.148 e. The Bertz CT molecular complexity index is 344. The summed E-state index contributed by atoms with van der Waals surface area (Å²) in [6, 6.07) is 7.37. The number of rotatable bonds is 4. The Kier molecular flexibility index (Phi) is 3.75. The SMILES string of the molecule is C#CCOc1ccc(CC(C)=O)cc1. The average molecular weight is 188 g/mol. The molecule has 0 aliphatic carbocycles. The van der Waals surface area contributed by atoms with Gasteiger partial charge < -0.3 is 4.74 Å². The van der Waals surface area contributed by atoms with Crippen LogP contribution in [0.4, 0.5) is 0 Å². The van der Waals surface area contributed by atoms with E-state index >= 15 is 0 Å². The number of ketones is 1. The standard InChI is InChI=1S/C12H12O2/c1-3-8-14-12-6-4-11(5-7-12)9-10(2)13/h1,4-7H,8-9H2,2H3. The van der Waals surface area contributed by atoms with E-state index in [2.05, 4.69) is 5.92 Å². The highest BCUT2D eigenvalue weighted by atomic mass is 16.5. The summed E-state index contributed by atoms with van der Waals surface area (Å²) in [7, 11) is 0. The van der Waals surface area contributed by atoms with Crippen LogP contribution in [0.25, 0.3) is 0 Å². The number of Topliss-reactive ketones (excluding diaryl/α,β-unsaturated/α-hetero) is 1. The minimum absolute atomic E-state index is 0.155. The molecule has 1 aromatic carbocycles. The number of terminal acetylenes is 1. The van der Waals surface area contributed by atoms with E-state index in [1.807, 2.05) is 24.3 Å². The fraction of sp³-hybridized carbons (Fsp3) is 0.250. The summed E-state index contributed by atoms with van der Waals surface area (Å²) >= 11 is 0. The van der Waals surface area contributed by atoms with Crippen LogP contribution in [0.15, 0.2) is 24.3 Å². The molecule has 0 aliphatic rings. The molecule has 72 valence electrons. The van der Waals surface area contributed by atoms with Crippen molar-refractivity contribution in [3.63, 3.8) is 0 Å². The number of hydrogen-bond donors (Lipinski definition) is 0. The molecule has 0 heterocycles. The third-order valence-electron chi connectivity index (χ3n) is 1.70. The third-order valence-corrected chi connectivity index (χ3v) is 1.70. The van der Waals surface area contributed by atoms with Gasteiger partial charge in [0.15, 0.2) is 0 Å². The number of carbonyl (C=O) groups excluding carboxylic acids is 1. The topological polar surface area (TPSA) is 26.3 Å². The Balaban J connectivity index is 2.60. The van der Waals surface area contributed by atoms with E-state index in [-0.39, 0.29) is 12.4 Å². The van der Waals surface area contributed by atoms with Crippen molar-refractivity contribution < 1.29 is 9.53 Å². The summed E-state index contributed by atoms with van der Waals surface area (Å²) in [6.07, 6.45) is 5.52. The van der Waals surface area contributed by atoms with Gasteiger partial charge in [-0.15, -0.1) is 6.42 Å². The normalized spacial score (nSPS) is 9.14. The van der Waals surface area contributed by atoms with Crippen LogP contribution in [-0.4, -0.2) is 12.4 Å². The fourth-order valence-electron chi connectivity index (χ4n) is 1.12. The first kappa shape index (κ1) is 10.3. The molecule has 0 N–H and O–H groups in total. The smallest absolute Gasteiger partial charge is 0.148 e. The molecule has 0 fully saturated rings. The lowest BCUT2D eigenvalue weighted by Gasteiger charge is -2.02. The van der Waals surface area contributed by atoms with Crippen LogP contribution in [-0.2, 0) is 11.2 Å². The molecule has 0 aromatic heterocycles. The molecule has 14 heavy (non-hydrogen) atoms. The van der Waals surface area contributed by atoms with Crippen molar-refractivity contribution in [3.05, 3.63) is 29.8 Å². The van der Waals surface area contributed by atoms with Crippen molar-refractivity contribution in [2.24, 2.45) is 0 Å². The third kappa shape index (κ3) is 3.32. The maximum atomic E-state index is 10.8. The van der Waals surface area contributed by atoms with Crippen molar-refractivity contribution in [2.45, 2.75) is 13.3 Å². The van der Waals surface area contributed by atoms with Gasteiger partial charge in [0.2, 0.25) is 0 Å². The summed E-state index contributed by atoms with van der Waals surface area (Å²) < 4.78 is 5.19. The van der Waals surface area contributed by atoms with Crippen LogP contribution in [0.2, 0.25) is 0 Å². The molecule has 0 unspecified atom stereocenters. The van der Waals surface area contributed by atoms with Crippen molar-refractivity contribution in [2.75, 3.05) is 6.61 Å². The molecule has 1 aromatic rings. The van der Waals surface area contributed by atoms with Crippen LogP contribution in [0.5, 0.6) is 5.75 Å². The molecule has 0 amide bonds. The van der Waals surface area contributed by atoms with Crippen LogP contribution < -0.4 is 4.74 Å². The van der Waals surface area contributed by atoms with Crippen molar-refractivity contribution in [1.82, 2.24) is 0 Å². The van der Waals surface area contributed by atoms with E-state index in [4.69, 9.17) is 11.2 Å². The monoisotopic (exact) mass is 188 g/mol. The van der Waals surface area contributed by atoms with E-state index < -0.39 is 0 Å². The van der Waals surface area contributed by atoms with Gasteiger partial charge in [0.1, 0.15) is 18.1 Å². The van der Waals surface area contributed by atoms with Crippen LogP contribution in [0, 0.1) is 12.3 Å². The minimum Gasteiger partial charge on any atom is -0.481 e. The lowest BCUT2D eigenvalue weighted by atomic mass is 10.1. The van der Waals surface area contributed by atoms with Crippen LogP contribution in [0.3, 0.4) is 0 Å². The molecule has 1 rings (SSSR count). The summed E-state index contributed by atoms with van der Waals surface area (Å²) in [5.74, 6) is 3.27. The largest absolute Gasteiger partial charge is 0.481 e. The Morgan fingerprint density at radius 1 is 1.43 bits per heavy atom. The van der Waals surface area contributed by atoms with Gasteiger partial charge in [0.05, 0.1) is 0 Å². The zero-order valence-corrected chi connectivity index (χ0v) is 8.12. The summed E-state index contributed by atoms with van der Waals surface area (Å²) in [4.78, 5) is 10.8. The van der Waals surface area contributed by atoms with Gasteiger partial charge in [-0.1, -0.05) is 18.1 Å². The number of carbonyl (C=O) groups is 1. The predicted molar refractivity (Wildman–Crippen MR) is 55.2 cm³/mol. The average Bonchev–Trinajstić information content (AvgIpc) is 2.16. The van der Waals surface area contributed by atoms with E-state index in [0.29, 0.717) is 6.42 Å². The Labute approximate surface area is 83.9 Å². The number of ether oxygens (including phenoxy) is 1. The van der Waals surface area contributed by atoms with Gasteiger partial charge in [0, 0.05) is 6.42 Å². The second kappa shape index (κ2) is 5.08. The van der Waals surface area contributed by atoms with Crippen molar-refractivity contribution >= 4 is 5.78 Å². The maximum absolute atomic E-state index is 10.8. The highest BCUT2D eigenvalue weighted by molar-refractivity contribution is 5.78. The Morgan fingerprint density at radius 3 is 2.57 bits per heavy atom. The summed E-state index contributed by atoms with van der Waals surface area (Å²) in [6.45, 7) is 1.84. The second-order valence-electron chi connectivity index (χ2n) is 3.02. The van der Waals surface area contributed by atoms with Crippen LogP contribution in [0.1, 0.15) is 12.5 Å². The molecule has 2 heteroatoms. The first-order chi connectivity index (χ1) is 6.72. The summed E-state index contributed by atoms with van der Waals surface area (Å²) in [5.41, 5.74) is 0.991. The minimum atomic E-state index is 0.155. The lowest BCUT2D eigenvalue weighted by molar-refractivity contribution is -0.116. The molecular weight excluding hydrogens is 176 g/mol. The van der Waals surface area contributed by atoms with Gasteiger partial charge in [-0.05, 0) is 24.6 Å². The molecule has 0 aliphatic heterocycles. The number of benzene rings is 1. The quantitative estimate of drug-likeness (QED) is 0.674. The van der Waals surface area contributed by atoms with Crippen molar-refractivity contribution in [1.29, 1.82) is 0 Å². The van der Waals surface area contributed by atoms with E-state index in [1.54, 1.807) is 6.92 Å². The Hall–Kier alpha value is -1.75. The number of hydrogen-bond acceptors (Lipinski definition) is 2. The first-order valence-electron chi connectivity index (χ1n) is 4.37. The van der Waals surface area contributed by atoms with Gasteiger partial charge in [0.25, 0.3) is 0 Å². The zero-order chi connectivity index (χ0) is 10.4. The van der Waals surface area contributed by atoms with Gasteiger partial charge in [-0.2, -0.15) is 0 Å². The van der Waals surface area contributed by atoms with Crippen molar-refractivity contribution in [3.8, 4) is 18.1 Å². The van der Waals surface area contributed by atoms with Gasteiger partial charge in [-0.25, -0.2) is 0 Å². The summed E-state index contributed by atoms with van der Waals surface area (Å²) in [5, 5.41) is 0. The molecule has 0 bridgehead atoms. The molecule has 0 saturated carbocycles. The second-order valence-corrected chi connectivity index (χ2v) is 3.02. The van der Waals surface area contributed by atoms with Gasteiger partial charge in [-0.3, -0.25) is 4.79 Å².